The minimum absolute atomic E-state index is 0.158. The van der Waals surface area contributed by atoms with E-state index in [2.05, 4.69) is 15.0 Å². The molecular weight excluding hydrogens is 341 g/mol. The van der Waals surface area contributed by atoms with Crippen LogP contribution in [-0.2, 0) is 6.18 Å². The number of hydrogen-bond donors (Lipinski definition) is 1. The van der Waals surface area contributed by atoms with Gasteiger partial charge in [0.15, 0.2) is 17.1 Å². The van der Waals surface area contributed by atoms with Crippen LogP contribution in [0.4, 0.5) is 19.0 Å². The summed E-state index contributed by atoms with van der Waals surface area (Å²) >= 11 is 0.960. The predicted molar refractivity (Wildman–Crippen MR) is 85.6 cm³/mol. The van der Waals surface area contributed by atoms with Crippen molar-refractivity contribution in [3.8, 4) is 11.5 Å². The molecule has 0 radical (unpaired) electrons. The highest BCUT2D eigenvalue weighted by atomic mass is 32.2. The van der Waals surface area contributed by atoms with E-state index in [1.807, 2.05) is 6.92 Å². The summed E-state index contributed by atoms with van der Waals surface area (Å²) in [6, 6.07) is 1.59. The molecule has 9 heteroatoms. The monoisotopic (exact) mass is 354 g/mol. The van der Waals surface area contributed by atoms with Crippen LogP contribution in [-0.4, -0.2) is 20.7 Å². The SMILES string of the molecule is CCSc1c(N)nc(-c2cc3c(C)coc3cn2)nc1C(F)(F)F. The molecule has 0 fully saturated rings. The second-order valence-electron chi connectivity index (χ2n) is 5.03. The van der Waals surface area contributed by atoms with Crippen molar-refractivity contribution in [2.45, 2.75) is 24.9 Å². The molecule has 0 atom stereocenters. The molecule has 0 aliphatic rings. The molecule has 2 N–H and O–H groups in total. The molecule has 0 spiro atoms. The van der Waals surface area contributed by atoms with Gasteiger partial charge in [-0.15, -0.1) is 11.8 Å². The van der Waals surface area contributed by atoms with E-state index in [0.717, 1.165) is 22.7 Å². The summed E-state index contributed by atoms with van der Waals surface area (Å²) in [6.45, 7) is 3.56. The molecule has 0 bridgehead atoms. The number of nitrogens with two attached hydrogens (primary N) is 1. The lowest BCUT2D eigenvalue weighted by Crippen LogP contribution is -2.14. The summed E-state index contributed by atoms with van der Waals surface area (Å²) in [7, 11) is 0. The number of alkyl halides is 3. The van der Waals surface area contributed by atoms with E-state index >= 15 is 0 Å². The van der Waals surface area contributed by atoms with Gasteiger partial charge in [-0.05, 0) is 24.3 Å². The Bertz CT molecular complexity index is 908. The molecule has 0 saturated heterocycles. The third kappa shape index (κ3) is 2.91. The zero-order valence-electron chi connectivity index (χ0n) is 12.8. The lowest BCUT2D eigenvalue weighted by atomic mass is 10.2. The molecule has 0 saturated carbocycles. The second-order valence-corrected chi connectivity index (χ2v) is 6.30. The van der Waals surface area contributed by atoms with Gasteiger partial charge in [-0.3, -0.25) is 0 Å². The number of hydrogen-bond acceptors (Lipinski definition) is 6. The summed E-state index contributed by atoms with van der Waals surface area (Å²) in [4.78, 5) is 11.6. The lowest BCUT2D eigenvalue weighted by molar-refractivity contribution is -0.143. The van der Waals surface area contributed by atoms with E-state index in [4.69, 9.17) is 10.2 Å². The molecular formula is C15H13F3N4OS. The summed E-state index contributed by atoms with van der Waals surface area (Å²) < 4.78 is 45.2. The molecule has 3 rings (SSSR count). The quantitative estimate of drug-likeness (QED) is 0.706. The molecule has 0 aliphatic heterocycles. The first kappa shape index (κ1) is 16.6. The molecule has 5 nitrogen and oxygen atoms in total. The number of rotatable bonds is 3. The molecule has 3 heterocycles. The maximum absolute atomic E-state index is 13.3. The largest absolute Gasteiger partial charge is 0.462 e. The number of aryl methyl sites for hydroxylation is 1. The van der Waals surface area contributed by atoms with Crippen LogP contribution in [0.1, 0.15) is 18.2 Å². The summed E-state index contributed by atoms with van der Waals surface area (Å²) in [5.41, 5.74) is 6.30. The van der Waals surface area contributed by atoms with Gasteiger partial charge in [-0.25, -0.2) is 15.0 Å². The van der Waals surface area contributed by atoms with Gasteiger partial charge in [-0.1, -0.05) is 6.92 Å². The Kier molecular flexibility index (Phi) is 4.12. The molecule has 24 heavy (non-hydrogen) atoms. The number of thioether (sulfide) groups is 1. The van der Waals surface area contributed by atoms with Crippen molar-refractivity contribution in [2.75, 3.05) is 11.5 Å². The Morgan fingerprint density at radius 2 is 2.04 bits per heavy atom. The van der Waals surface area contributed by atoms with Crippen LogP contribution < -0.4 is 5.73 Å². The van der Waals surface area contributed by atoms with E-state index in [9.17, 15) is 13.2 Å². The highest BCUT2D eigenvalue weighted by molar-refractivity contribution is 7.99. The molecule has 0 amide bonds. The highest BCUT2D eigenvalue weighted by Crippen LogP contribution is 2.39. The number of furan rings is 1. The van der Waals surface area contributed by atoms with Gasteiger partial charge in [-0.2, -0.15) is 13.2 Å². The zero-order chi connectivity index (χ0) is 17.5. The average Bonchev–Trinajstić information content (AvgIpc) is 2.89. The van der Waals surface area contributed by atoms with Crippen molar-refractivity contribution >= 4 is 28.5 Å². The molecule has 126 valence electrons. The Hall–Kier alpha value is -2.29. The van der Waals surface area contributed by atoms with Crippen molar-refractivity contribution in [3.63, 3.8) is 0 Å². The van der Waals surface area contributed by atoms with Gasteiger partial charge in [0, 0.05) is 5.39 Å². The Labute approximate surface area is 139 Å². The number of halogens is 3. The predicted octanol–water partition coefficient (Wildman–Crippen LogP) is 4.31. The van der Waals surface area contributed by atoms with Crippen molar-refractivity contribution in [1.82, 2.24) is 15.0 Å². The fourth-order valence-electron chi connectivity index (χ4n) is 2.24. The third-order valence-electron chi connectivity index (χ3n) is 3.33. The molecule has 0 unspecified atom stereocenters. The fraction of sp³-hybridized carbons (Fsp3) is 0.267. The molecule has 3 aromatic rings. The number of nitrogens with zero attached hydrogens (tertiary/aromatic N) is 3. The van der Waals surface area contributed by atoms with E-state index < -0.39 is 11.9 Å². The summed E-state index contributed by atoms with van der Waals surface area (Å²) in [6.07, 6.45) is -1.65. The first-order chi connectivity index (χ1) is 11.3. The first-order valence-electron chi connectivity index (χ1n) is 7.03. The van der Waals surface area contributed by atoms with Crippen molar-refractivity contribution in [2.24, 2.45) is 0 Å². The molecule has 0 aromatic carbocycles. The maximum Gasteiger partial charge on any atom is 0.434 e. The van der Waals surface area contributed by atoms with E-state index in [1.165, 1.54) is 6.20 Å². The Morgan fingerprint density at radius 1 is 1.29 bits per heavy atom. The minimum Gasteiger partial charge on any atom is -0.462 e. The van der Waals surface area contributed by atoms with E-state index in [-0.39, 0.29) is 22.2 Å². The van der Waals surface area contributed by atoms with Crippen LogP contribution in [0.15, 0.2) is 27.8 Å². The number of anilines is 1. The van der Waals surface area contributed by atoms with Gasteiger partial charge in [0.05, 0.1) is 17.4 Å². The van der Waals surface area contributed by atoms with Crippen LogP contribution in [0.3, 0.4) is 0 Å². The van der Waals surface area contributed by atoms with Gasteiger partial charge in [0.1, 0.15) is 11.5 Å². The standard InChI is InChI=1S/C15H13F3N4OS/c1-3-24-11-12(15(16,17)18)21-14(22-13(11)19)9-4-8-7(2)6-23-10(8)5-20-9/h4-6H,3H2,1-2H3,(H2,19,21,22). The number of nitrogen functional groups attached to an aromatic ring is 1. The Balaban J connectivity index is 2.19. The number of aromatic nitrogens is 3. The van der Waals surface area contributed by atoms with Crippen LogP contribution >= 0.6 is 11.8 Å². The van der Waals surface area contributed by atoms with Gasteiger partial charge >= 0.3 is 6.18 Å². The first-order valence-corrected chi connectivity index (χ1v) is 8.01. The summed E-state index contributed by atoms with van der Waals surface area (Å²) in [5.74, 6) is 0.0572. The fourth-order valence-corrected chi connectivity index (χ4v) is 3.02. The Morgan fingerprint density at radius 3 is 2.71 bits per heavy atom. The molecule has 0 aliphatic carbocycles. The topological polar surface area (TPSA) is 77.8 Å². The third-order valence-corrected chi connectivity index (χ3v) is 4.31. The average molecular weight is 354 g/mol. The van der Waals surface area contributed by atoms with Gasteiger partial charge in [0.2, 0.25) is 0 Å². The maximum atomic E-state index is 13.3. The number of fused-ring (bicyclic) bond motifs is 1. The van der Waals surface area contributed by atoms with Crippen molar-refractivity contribution in [1.29, 1.82) is 0 Å². The smallest absolute Gasteiger partial charge is 0.434 e. The van der Waals surface area contributed by atoms with Crippen LogP contribution in [0.2, 0.25) is 0 Å². The minimum atomic E-state index is -4.63. The normalized spacial score (nSPS) is 12.0. The lowest BCUT2D eigenvalue weighted by Gasteiger charge is -2.14. The van der Waals surface area contributed by atoms with Crippen LogP contribution in [0.25, 0.3) is 22.5 Å². The molecule has 3 aromatic heterocycles. The van der Waals surface area contributed by atoms with E-state index in [1.54, 1.807) is 19.3 Å². The van der Waals surface area contributed by atoms with Crippen molar-refractivity contribution < 1.29 is 17.6 Å². The highest BCUT2D eigenvalue weighted by Gasteiger charge is 2.37. The van der Waals surface area contributed by atoms with Gasteiger partial charge in [0.25, 0.3) is 0 Å². The van der Waals surface area contributed by atoms with E-state index in [0.29, 0.717) is 11.3 Å². The van der Waals surface area contributed by atoms with Crippen LogP contribution in [0.5, 0.6) is 0 Å². The van der Waals surface area contributed by atoms with Crippen molar-refractivity contribution in [3.05, 3.63) is 29.8 Å². The van der Waals surface area contributed by atoms with Crippen LogP contribution in [0, 0.1) is 6.92 Å². The summed E-state index contributed by atoms with van der Waals surface area (Å²) in [5, 5.41) is 0.739. The number of pyridine rings is 1. The van der Waals surface area contributed by atoms with Gasteiger partial charge < -0.3 is 10.2 Å². The zero-order valence-corrected chi connectivity index (χ0v) is 13.6. The second kappa shape index (κ2) is 5.97.